The Kier molecular flexibility index (Phi) is 17.1. The van der Waals surface area contributed by atoms with Gasteiger partial charge in [0.1, 0.15) is 16.9 Å². The summed E-state index contributed by atoms with van der Waals surface area (Å²) in [6.07, 6.45) is 14.0. The Balaban J connectivity index is 0.000000459. The summed E-state index contributed by atoms with van der Waals surface area (Å²) in [6.45, 7) is 17.8. The van der Waals surface area contributed by atoms with Gasteiger partial charge in [0.15, 0.2) is 0 Å². The van der Waals surface area contributed by atoms with Crippen LogP contribution in [0.15, 0.2) is 56.9 Å². The van der Waals surface area contributed by atoms with Crippen LogP contribution in [0.4, 0.5) is 17.3 Å². The summed E-state index contributed by atoms with van der Waals surface area (Å²) < 4.78 is 58.5. The van der Waals surface area contributed by atoms with Crippen LogP contribution in [0.3, 0.4) is 0 Å². The van der Waals surface area contributed by atoms with Crippen LogP contribution >= 0.6 is 16.2 Å². The Labute approximate surface area is 293 Å². The number of para-hydroxylation sites is 1. The number of benzene rings is 3. The number of aryl methyl sites for hydroxylation is 4. The fraction of sp³-hybridized carbons (Fsp3) is 0.389. The maximum Gasteiger partial charge on any atom is 0.673 e. The van der Waals surface area contributed by atoms with Gasteiger partial charge < -0.3 is 30.2 Å². The minimum Gasteiger partial charge on any atom is -0.418 e. The number of hydrogen-bond donors (Lipinski definition) is 0. The van der Waals surface area contributed by atoms with Gasteiger partial charge in [-0.25, -0.2) is 0 Å². The molecule has 4 aromatic rings. The van der Waals surface area contributed by atoms with Gasteiger partial charge >= 0.3 is 15.5 Å². The predicted octanol–water partition coefficient (Wildman–Crippen LogP) is 13.0. The second-order valence-electron chi connectivity index (χ2n) is 11.9. The number of fused-ring (bicyclic) bond motifs is 3. The van der Waals surface area contributed by atoms with E-state index in [-0.39, 0.29) is 27.4 Å². The Morgan fingerprint density at radius 2 is 1.04 bits per heavy atom. The van der Waals surface area contributed by atoms with Gasteiger partial charge in [0.25, 0.3) is 0 Å². The zero-order valence-corrected chi connectivity index (χ0v) is 31.9. The van der Waals surface area contributed by atoms with Gasteiger partial charge in [-0.1, -0.05) is 65.9 Å². The molecule has 0 spiro atoms. The van der Waals surface area contributed by atoms with E-state index in [2.05, 4.69) is 124 Å². The fourth-order valence-corrected chi connectivity index (χ4v) is 9.48. The molecule has 1 aliphatic rings. The van der Waals surface area contributed by atoms with Crippen LogP contribution in [-0.4, -0.2) is 18.6 Å². The van der Waals surface area contributed by atoms with Crippen molar-refractivity contribution in [2.24, 2.45) is 0 Å². The summed E-state index contributed by atoms with van der Waals surface area (Å²) in [7, 11) is -8.04. The van der Waals surface area contributed by atoms with E-state index >= 15 is 0 Å². The summed E-state index contributed by atoms with van der Waals surface area (Å²) in [5, 5.41) is 3.50. The molecule has 1 aliphatic carbocycles. The molecule has 0 aliphatic heterocycles. The van der Waals surface area contributed by atoms with Crippen LogP contribution < -0.4 is 9.83 Å². The predicted molar refractivity (Wildman–Crippen MR) is 190 cm³/mol. The van der Waals surface area contributed by atoms with Crippen molar-refractivity contribution in [2.75, 3.05) is 0 Å². The van der Waals surface area contributed by atoms with Crippen molar-refractivity contribution in [1.29, 1.82) is 0 Å². The van der Waals surface area contributed by atoms with Gasteiger partial charge in [-0.15, -0.1) is 0 Å². The van der Waals surface area contributed by atoms with Gasteiger partial charge in [0.05, 0.1) is 0 Å². The van der Waals surface area contributed by atoms with E-state index in [1.165, 1.54) is 53.2 Å². The maximum atomic E-state index is 9.75. The molecule has 0 unspecified atom stereocenters. The molecule has 5 radical (unpaired) electrons. The topological polar surface area (TPSA) is 35.5 Å². The summed E-state index contributed by atoms with van der Waals surface area (Å²) in [4.78, 5) is 0. The molecule has 0 amide bonds. The summed E-state index contributed by atoms with van der Waals surface area (Å²) in [5.41, 5.74) is 7.67. The van der Waals surface area contributed by atoms with E-state index < -0.39 is 15.5 Å². The van der Waals surface area contributed by atoms with Crippen molar-refractivity contribution in [1.82, 2.24) is 0 Å². The van der Waals surface area contributed by atoms with E-state index in [0.29, 0.717) is 11.3 Å². The fourth-order valence-electron chi connectivity index (χ4n) is 5.41. The standard InChI is InChI=1S/C28H34O3P2.C8H12.BF4.Rh/c1-17(2)32(18(3)4)26-12-10-9-11-23(26)29-33-30-24-15-13-19(5)21(7)27(24)28-22(8)20(6)14-16-25(28)31-33;1-2-4-6-8-7-5-3-1;2-1(3,4)5;/h9-18H,1-8H3;1-2,7-8H,3-6H2;;/q;;-1;. The molecule has 1 heterocycles. The molecule has 0 atom stereocenters. The molecule has 5 rings (SSSR count). The van der Waals surface area contributed by atoms with Crippen LogP contribution in [-0.2, 0) is 19.5 Å². The first-order chi connectivity index (χ1) is 21.7. The molecule has 1 aromatic heterocycles. The molecule has 11 heteroatoms. The average Bonchev–Trinajstić information content (AvgIpc) is 3.10. The SMILES string of the molecule is Cc1ccc2op(Oc3ccccc3P(C(C)C)C(C)C)oc3ccc(C)c(C)c3c2c1C.F[B-](F)(F)F.[CH]1[CH]CC[CH][CH]CC1.[Rh]. The Bertz CT molecular complexity index is 1500. The monoisotopic (exact) mass is 778 g/mol. The van der Waals surface area contributed by atoms with Gasteiger partial charge in [0.2, 0.25) is 0 Å². The van der Waals surface area contributed by atoms with Gasteiger partial charge in [-0.05, 0) is 131 Å². The number of hydrogen-bond acceptors (Lipinski definition) is 3. The van der Waals surface area contributed by atoms with Crippen LogP contribution in [0.2, 0.25) is 0 Å². The Morgan fingerprint density at radius 1 is 0.660 bits per heavy atom. The van der Waals surface area contributed by atoms with Crippen molar-refractivity contribution >= 4 is 50.7 Å². The summed E-state index contributed by atoms with van der Waals surface area (Å²) >= 11 is 0. The van der Waals surface area contributed by atoms with E-state index in [1.54, 1.807) is 0 Å². The first kappa shape index (κ1) is 41.4. The molecule has 3 aromatic carbocycles. The smallest absolute Gasteiger partial charge is 0.418 e. The third-order valence-corrected chi connectivity index (χ3v) is 11.9. The van der Waals surface area contributed by atoms with Gasteiger partial charge in [-0.2, -0.15) is 0 Å². The van der Waals surface area contributed by atoms with Crippen molar-refractivity contribution in [3.63, 3.8) is 0 Å². The van der Waals surface area contributed by atoms with Crippen LogP contribution in [0.1, 0.15) is 75.6 Å². The van der Waals surface area contributed by atoms with Crippen molar-refractivity contribution in [3.8, 4) is 5.75 Å². The summed E-state index contributed by atoms with van der Waals surface area (Å²) in [6, 6.07) is 16.7. The van der Waals surface area contributed by atoms with Gasteiger partial charge in [0, 0.05) is 35.6 Å². The second kappa shape index (κ2) is 19.4. The van der Waals surface area contributed by atoms with Crippen molar-refractivity contribution in [2.45, 2.75) is 92.4 Å². The molecular weight excluding hydrogens is 732 g/mol. The molecule has 0 saturated heterocycles. The molecule has 259 valence electrons. The first-order valence-electron chi connectivity index (χ1n) is 15.8. The van der Waals surface area contributed by atoms with Gasteiger partial charge in [-0.3, -0.25) is 0 Å². The molecule has 3 nitrogen and oxygen atoms in total. The maximum absolute atomic E-state index is 9.75. The zero-order valence-electron chi connectivity index (χ0n) is 28.5. The second-order valence-corrected chi connectivity index (χ2v) is 16.3. The zero-order chi connectivity index (χ0) is 34.0. The number of halogens is 4. The first-order valence-corrected chi connectivity index (χ1v) is 18.4. The molecule has 1 fully saturated rings. The quantitative estimate of drug-likeness (QED) is 0.115. The minimum absolute atomic E-state index is 0. The third-order valence-electron chi connectivity index (χ3n) is 7.75. The van der Waals surface area contributed by atoms with E-state index in [4.69, 9.17) is 12.9 Å². The van der Waals surface area contributed by atoms with Crippen LogP contribution in [0.5, 0.6) is 5.75 Å². The summed E-state index contributed by atoms with van der Waals surface area (Å²) in [5.74, 6) is 0.870. The normalized spacial score (nSPS) is 13.7. The third kappa shape index (κ3) is 12.5. The Morgan fingerprint density at radius 3 is 1.43 bits per heavy atom. The van der Waals surface area contributed by atoms with Crippen molar-refractivity contribution in [3.05, 3.63) is 96.5 Å². The largest absolute Gasteiger partial charge is 0.673 e. The molecular formula is C36H46BF4O3P2Rh-. The molecule has 0 N–H and O–H groups in total. The van der Waals surface area contributed by atoms with E-state index in [1.807, 2.05) is 6.07 Å². The molecule has 47 heavy (non-hydrogen) atoms. The molecule has 0 bridgehead atoms. The number of rotatable bonds is 5. The molecule has 1 saturated carbocycles. The van der Waals surface area contributed by atoms with Crippen molar-refractivity contribution < 1.29 is 49.7 Å². The van der Waals surface area contributed by atoms with E-state index in [0.717, 1.165) is 27.7 Å². The Hall–Kier alpha value is -1.80. The van der Waals surface area contributed by atoms with Crippen LogP contribution in [0, 0.1) is 53.4 Å². The average molecular weight is 778 g/mol. The minimum atomic E-state index is -6.00. The van der Waals surface area contributed by atoms with Crippen LogP contribution in [0.25, 0.3) is 21.9 Å². The van der Waals surface area contributed by atoms with E-state index in [9.17, 15) is 17.3 Å².